The van der Waals surface area contributed by atoms with E-state index in [1.165, 1.54) is 7.11 Å². The Hall–Kier alpha value is -1.88. The maximum absolute atomic E-state index is 11.2. The molecule has 0 saturated heterocycles. The fourth-order valence-electron chi connectivity index (χ4n) is 1.33. The van der Waals surface area contributed by atoms with Gasteiger partial charge in [-0.1, -0.05) is 0 Å². The lowest BCUT2D eigenvalue weighted by molar-refractivity contribution is 0.0595. The molecule has 0 aliphatic carbocycles. The Bertz CT molecular complexity index is 504. The number of fused-ring (bicyclic) bond motifs is 1. The van der Waals surface area contributed by atoms with Crippen molar-refractivity contribution >= 4 is 11.6 Å². The summed E-state index contributed by atoms with van der Waals surface area (Å²) in [5.74, 6) is -0.468. The van der Waals surface area contributed by atoms with Crippen LogP contribution >= 0.6 is 0 Å². The van der Waals surface area contributed by atoms with Gasteiger partial charge in [0, 0.05) is 12.4 Å². The van der Waals surface area contributed by atoms with Crippen LogP contribution in [0.15, 0.2) is 24.5 Å². The number of rotatable bonds is 2. The van der Waals surface area contributed by atoms with Crippen LogP contribution in [0.2, 0.25) is 0 Å². The first kappa shape index (κ1) is 9.67. The molecule has 78 valence electrons. The fraction of sp³-hybridized carbons (Fsp3) is 0.200. The van der Waals surface area contributed by atoms with Gasteiger partial charge in [0.25, 0.3) is 0 Å². The minimum absolute atomic E-state index is 0.0447. The molecule has 5 heteroatoms. The lowest BCUT2D eigenvalue weighted by atomic mass is 10.3. The van der Waals surface area contributed by atoms with Crippen molar-refractivity contribution in [2.24, 2.45) is 0 Å². The van der Waals surface area contributed by atoms with Gasteiger partial charge in [0.15, 0.2) is 5.69 Å². The van der Waals surface area contributed by atoms with E-state index in [1.807, 2.05) is 0 Å². The normalized spacial score (nSPS) is 10.5. The lowest BCUT2D eigenvalue weighted by Gasteiger charge is -1.95. The highest BCUT2D eigenvalue weighted by molar-refractivity contribution is 5.87. The van der Waals surface area contributed by atoms with E-state index in [9.17, 15) is 4.79 Å². The van der Waals surface area contributed by atoms with Crippen molar-refractivity contribution < 1.29 is 14.6 Å². The maximum Gasteiger partial charge on any atom is 0.358 e. The van der Waals surface area contributed by atoms with Gasteiger partial charge >= 0.3 is 5.97 Å². The van der Waals surface area contributed by atoms with Crippen molar-refractivity contribution in [2.75, 3.05) is 7.11 Å². The topological polar surface area (TPSA) is 63.8 Å². The summed E-state index contributed by atoms with van der Waals surface area (Å²) in [5.41, 5.74) is 1.62. The number of hydrogen-bond acceptors (Lipinski definition) is 4. The summed E-state index contributed by atoms with van der Waals surface area (Å²) in [7, 11) is 1.31. The molecule has 0 radical (unpaired) electrons. The van der Waals surface area contributed by atoms with E-state index in [1.54, 1.807) is 28.9 Å². The highest BCUT2D eigenvalue weighted by atomic mass is 16.5. The second-order valence-corrected chi connectivity index (χ2v) is 3.08. The molecule has 0 saturated carbocycles. The van der Waals surface area contributed by atoms with E-state index in [0.717, 1.165) is 5.56 Å². The van der Waals surface area contributed by atoms with E-state index in [-0.39, 0.29) is 12.3 Å². The maximum atomic E-state index is 11.2. The average Bonchev–Trinajstić information content (AvgIpc) is 2.70. The number of aliphatic hydroxyl groups excluding tert-OH is 1. The predicted octanol–water partition coefficient (Wildman–Crippen LogP) is 0.613. The Morgan fingerprint density at radius 3 is 3.13 bits per heavy atom. The van der Waals surface area contributed by atoms with Gasteiger partial charge < -0.3 is 14.2 Å². The van der Waals surface area contributed by atoms with Crippen LogP contribution in [0.1, 0.15) is 16.1 Å². The SMILES string of the molecule is COC(=O)c1cn2ccc(CO)cc2n1. The molecule has 5 nitrogen and oxygen atoms in total. The third kappa shape index (κ3) is 1.69. The van der Waals surface area contributed by atoms with Gasteiger partial charge in [-0.3, -0.25) is 0 Å². The molecule has 2 aromatic rings. The van der Waals surface area contributed by atoms with Crippen molar-refractivity contribution in [3.05, 3.63) is 35.8 Å². The molecule has 0 atom stereocenters. The predicted molar refractivity (Wildman–Crippen MR) is 52.5 cm³/mol. The van der Waals surface area contributed by atoms with E-state index in [2.05, 4.69) is 9.72 Å². The number of ether oxygens (including phenoxy) is 1. The first-order valence-corrected chi connectivity index (χ1v) is 4.41. The number of hydrogen-bond donors (Lipinski definition) is 1. The smallest absolute Gasteiger partial charge is 0.358 e. The molecule has 15 heavy (non-hydrogen) atoms. The van der Waals surface area contributed by atoms with Crippen LogP contribution < -0.4 is 0 Å². The van der Waals surface area contributed by atoms with E-state index < -0.39 is 5.97 Å². The summed E-state index contributed by atoms with van der Waals surface area (Å²) in [6.07, 6.45) is 3.32. The van der Waals surface area contributed by atoms with Crippen molar-refractivity contribution in [1.29, 1.82) is 0 Å². The number of nitrogens with zero attached hydrogens (tertiary/aromatic N) is 2. The standard InChI is InChI=1S/C10H10N2O3/c1-15-10(14)8-5-12-3-2-7(6-13)4-9(12)11-8/h2-5,13H,6H2,1H3. The number of carbonyl (C=O) groups is 1. The molecule has 2 aromatic heterocycles. The zero-order valence-electron chi connectivity index (χ0n) is 8.17. The zero-order chi connectivity index (χ0) is 10.8. The fourth-order valence-corrected chi connectivity index (χ4v) is 1.33. The molecule has 2 heterocycles. The minimum atomic E-state index is -0.468. The van der Waals surface area contributed by atoms with Gasteiger partial charge in [-0.2, -0.15) is 0 Å². The number of aliphatic hydroxyl groups is 1. The Kier molecular flexibility index (Phi) is 2.39. The molecule has 0 bridgehead atoms. The molecule has 1 N–H and O–H groups in total. The summed E-state index contributed by atoms with van der Waals surface area (Å²) < 4.78 is 6.26. The van der Waals surface area contributed by atoms with E-state index in [4.69, 9.17) is 5.11 Å². The molecule has 0 amide bonds. The summed E-state index contributed by atoms with van der Waals surface area (Å²) in [5, 5.41) is 8.93. The average molecular weight is 206 g/mol. The largest absolute Gasteiger partial charge is 0.464 e. The number of pyridine rings is 1. The monoisotopic (exact) mass is 206 g/mol. The van der Waals surface area contributed by atoms with Crippen LogP contribution in [0.5, 0.6) is 0 Å². The highest BCUT2D eigenvalue weighted by Gasteiger charge is 2.10. The van der Waals surface area contributed by atoms with Crippen LogP contribution in [0.25, 0.3) is 5.65 Å². The van der Waals surface area contributed by atoms with Crippen LogP contribution in [0.3, 0.4) is 0 Å². The van der Waals surface area contributed by atoms with Gasteiger partial charge in [-0.25, -0.2) is 9.78 Å². The highest BCUT2D eigenvalue weighted by Crippen LogP contribution is 2.09. The molecule has 2 rings (SSSR count). The molecule has 0 unspecified atom stereocenters. The number of methoxy groups -OCH3 is 1. The summed E-state index contributed by atoms with van der Waals surface area (Å²) in [4.78, 5) is 15.3. The van der Waals surface area contributed by atoms with Crippen molar-refractivity contribution in [2.45, 2.75) is 6.61 Å². The second kappa shape index (κ2) is 3.70. The van der Waals surface area contributed by atoms with Gasteiger partial charge in [0.2, 0.25) is 0 Å². The van der Waals surface area contributed by atoms with Crippen molar-refractivity contribution in [3.63, 3.8) is 0 Å². The summed E-state index contributed by atoms with van der Waals surface area (Å²) >= 11 is 0. The van der Waals surface area contributed by atoms with Gasteiger partial charge in [-0.15, -0.1) is 0 Å². The van der Waals surface area contributed by atoms with Crippen LogP contribution in [-0.2, 0) is 11.3 Å². The Balaban J connectivity index is 2.51. The molecule has 0 fully saturated rings. The first-order chi connectivity index (χ1) is 7.24. The summed E-state index contributed by atoms with van der Waals surface area (Å²) in [6.45, 7) is -0.0447. The van der Waals surface area contributed by atoms with Crippen molar-refractivity contribution in [1.82, 2.24) is 9.38 Å². The third-order valence-electron chi connectivity index (χ3n) is 2.10. The molecule has 0 aromatic carbocycles. The Labute approximate surface area is 85.9 Å². The number of esters is 1. The van der Waals surface area contributed by atoms with E-state index in [0.29, 0.717) is 5.65 Å². The van der Waals surface area contributed by atoms with Crippen LogP contribution in [0, 0.1) is 0 Å². The Morgan fingerprint density at radius 2 is 2.47 bits per heavy atom. The molecule has 0 aliphatic heterocycles. The molecule has 0 spiro atoms. The van der Waals surface area contributed by atoms with Gasteiger partial charge in [0.05, 0.1) is 13.7 Å². The van der Waals surface area contributed by atoms with Gasteiger partial charge in [-0.05, 0) is 17.7 Å². The first-order valence-electron chi connectivity index (χ1n) is 4.41. The van der Waals surface area contributed by atoms with Crippen LogP contribution in [0.4, 0.5) is 0 Å². The van der Waals surface area contributed by atoms with E-state index >= 15 is 0 Å². The molecular formula is C10H10N2O3. The number of aromatic nitrogens is 2. The van der Waals surface area contributed by atoms with Gasteiger partial charge in [0.1, 0.15) is 5.65 Å². The zero-order valence-corrected chi connectivity index (χ0v) is 8.17. The Morgan fingerprint density at radius 1 is 1.67 bits per heavy atom. The second-order valence-electron chi connectivity index (χ2n) is 3.08. The van der Waals surface area contributed by atoms with Crippen LogP contribution in [-0.4, -0.2) is 27.6 Å². The quantitative estimate of drug-likeness (QED) is 0.731. The minimum Gasteiger partial charge on any atom is -0.464 e. The molecule has 0 aliphatic rings. The third-order valence-corrected chi connectivity index (χ3v) is 2.10. The number of imidazole rings is 1. The van der Waals surface area contributed by atoms with Crippen molar-refractivity contribution in [3.8, 4) is 0 Å². The molecular weight excluding hydrogens is 196 g/mol. The lowest BCUT2D eigenvalue weighted by Crippen LogP contribution is -2.00. The summed E-state index contributed by atoms with van der Waals surface area (Å²) in [6, 6.07) is 3.47. The number of carbonyl (C=O) groups excluding carboxylic acids is 1.